The van der Waals surface area contributed by atoms with Crippen LogP contribution >= 0.6 is 11.3 Å². The molecule has 1 aliphatic rings. The molecule has 3 N–H and O–H groups in total. The number of nitrogens with two attached hydrogens (primary N) is 1. The lowest BCUT2D eigenvalue weighted by molar-refractivity contribution is -0.122. The van der Waals surface area contributed by atoms with Crippen LogP contribution in [-0.4, -0.2) is 16.9 Å². The van der Waals surface area contributed by atoms with Gasteiger partial charge >= 0.3 is 0 Å². The molecule has 0 bridgehead atoms. The lowest BCUT2D eigenvalue weighted by Crippen LogP contribution is -2.36. The van der Waals surface area contributed by atoms with E-state index in [0.29, 0.717) is 6.04 Å². The molecule has 2 rings (SSSR count). The molecule has 1 heterocycles. The number of nitrogens with zero attached hydrogens (tertiary/aromatic N) is 1. The first kappa shape index (κ1) is 11.5. The summed E-state index contributed by atoms with van der Waals surface area (Å²) in [4.78, 5) is 15.2. The Balaban J connectivity index is 1.71. The van der Waals surface area contributed by atoms with Crippen LogP contribution in [0.2, 0.25) is 0 Å². The van der Waals surface area contributed by atoms with Gasteiger partial charge in [0.2, 0.25) is 5.91 Å². The molecular formula is C11H17N3OS. The summed E-state index contributed by atoms with van der Waals surface area (Å²) >= 11 is 1.62. The molecule has 1 saturated carbocycles. The minimum atomic E-state index is -0.141. The molecule has 0 unspecified atom stereocenters. The second kappa shape index (κ2) is 5.41. The molecule has 88 valence electrons. The summed E-state index contributed by atoms with van der Waals surface area (Å²) in [5.74, 6) is -0.0460. The molecule has 1 aromatic heterocycles. The van der Waals surface area contributed by atoms with Crippen molar-refractivity contribution in [3.05, 3.63) is 16.6 Å². The van der Waals surface area contributed by atoms with Crippen molar-refractivity contribution in [3.8, 4) is 0 Å². The van der Waals surface area contributed by atoms with Gasteiger partial charge in [-0.3, -0.25) is 4.79 Å². The monoisotopic (exact) mass is 239 g/mol. The Morgan fingerprint density at radius 3 is 2.81 bits per heavy atom. The van der Waals surface area contributed by atoms with Gasteiger partial charge in [0.05, 0.1) is 11.2 Å². The van der Waals surface area contributed by atoms with Crippen molar-refractivity contribution >= 4 is 17.2 Å². The zero-order valence-corrected chi connectivity index (χ0v) is 10.0. The van der Waals surface area contributed by atoms with Crippen LogP contribution < -0.4 is 11.1 Å². The van der Waals surface area contributed by atoms with Gasteiger partial charge in [-0.25, -0.2) is 4.98 Å². The number of primary amides is 1. The highest BCUT2D eigenvalue weighted by Gasteiger charge is 2.24. The van der Waals surface area contributed by atoms with Crippen molar-refractivity contribution in [2.45, 2.75) is 38.3 Å². The smallest absolute Gasteiger partial charge is 0.220 e. The van der Waals surface area contributed by atoms with Gasteiger partial charge in [0.15, 0.2) is 0 Å². The Labute approximate surface area is 99.3 Å². The third-order valence-electron chi connectivity index (χ3n) is 3.18. The van der Waals surface area contributed by atoms with E-state index in [2.05, 4.69) is 15.7 Å². The highest BCUT2D eigenvalue weighted by molar-refractivity contribution is 7.07. The first-order chi connectivity index (χ1) is 7.75. The topological polar surface area (TPSA) is 68.0 Å². The average Bonchev–Trinajstić information content (AvgIpc) is 2.80. The summed E-state index contributed by atoms with van der Waals surface area (Å²) in [6.07, 6.45) is 3.92. The number of amides is 1. The van der Waals surface area contributed by atoms with Crippen LogP contribution in [0.25, 0.3) is 0 Å². The third kappa shape index (κ3) is 3.02. The molecule has 0 atom stereocenters. The van der Waals surface area contributed by atoms with Crippen molar-refractivity contribution in [3.63, 3.8) is 0 Å². The zero-order chi connectivity index (χ0) is 11.4. The fraction of sp³-hybridized carbons (Fsp3) is 0.636. The molecule has 1 aromatic rings. The van der Waals surface area contributed by atoms with Crippen molar-refractivity contribution in [1.82, 2.24) is 10.3 Å². The number of nitrogens with one attached hydrogen (secondary N) is 1. The Morgan fingerprint density at radius 2 is 2.25 bits per heavy atom. The summed E-state index contributed by atoms with van der Waals surface area (Å²) in [5, 5.41) is 5.53. The largest absolute Gasteiger partial charge is 0.369 e. The molecule has 1 aliphatic carbocycles. The number of rotatable bonds is 4. The van der Waals surface area contributed by atoms with Gasteiger partial charge in [0.25, 0.3) is 0 Å². The normalized spacial score (nSPS) is 25.5. The zero-order valence-electron chi connectivity index (χ0n) is 9.19. The van der Waals surface area contributed by atoms with E-state index in [1.54, 1.807) is 11.3 Å². The molecule has 16 heavy (non-hydrogen) atoms. The third-order valence-corrected chi connectivity index (χ3v) is 3.82. The van der Waals surface area contributed by atoms with Crippen LogP contribution in [0.3, 0.4) is 0 Å². The maximum atomic E-state index is 11.0. The fourth-order valence-electron chi connectivity index (χ4n) is 2.16. The van der Waals surface area contributed by atoms with Crippen molar-refractivity contribution in [2.24, 2.45) is 11.7 Å². The lowest BCUT2D eigenvalue weighted by atomic mass is 9.85. The van der Waals surface area contributed by atoms with Crippen LogP contribution in [-0.2, 0) is 11.3 Å². The summed E-state index contributed by atoms with van der Waals surface area (Å²) in [6.45, 7) is 0.829. The number of hydrogen-bond acceptors (Lipinski definition) is 4. The molecular weight excluding hydrogens is 222 g/mol. The molecule has 0 radical (unpaired) electrons. The number of carbonyl (C=O) groups is 1. The van der Waals surface area contributed by atoms with Crippen LogP contribution in [0.5, 0.6) is 0 Å². The van der Waals surface area contributed by atoms with E-state index in [1.807, 2.05) is 5.51 Å². The van der Waals surface area contributed by atoms with Gasteiger partial charge in [-0.15, -0.1) is 11.3 Å². The van der Waals surface area contributed by atoms with E-state index in [9.17, 15) is 4.79 Å². The Bertz CT molecular complexity index is 331. The molecule has 1 amide bonds. The van der Waals surface area contributed by atoms with Gasteiger partial charge in [0, 0.05) is 23.9 Å². The lowest BCUT2D eigenvalue weighted by Gasteiger charge is -2.27. The van der Waals surface area contributed by atoms with Crippen LogP contribution in [0, 0.1) is 5.92 Å². The van der Waals surface area contributed by atoms with Crippen molar-refractivity contribution < 1.29 is 4.79 Å². The van der Waals surface area contributed by atoms with E-state index in [0.717, 1.165) is 37.9 Å². The second-order valence-electron chi connectivity index (χ2n) is 4.31. The molecule has 0 aliphatic heterocycles. The van der Waals surface area contributed by atoms with Gasteiger partial charge in [0.1, 0.15) is 0 Å². The minimum Gasteiger partial charge on any atom is -0.369 e. The average molecular weight is 239 g/mol. The maximum absolute atomic E-state index is 11.0. The second-order valence-corrected chi connectivity index (χ2v) is 5.03. The van der Waals surface area contributed by atoms with Crippen molar-refractivity contribution in [2.75, 3.05) is 0 Å². The van der Waals surface area contributed by atoms with Crippen LogP contribution in [0.1, 0.15) is 31.4 Å². The molecule has 0 aromatic carbocycles. The molecule has 0 spiro atoms. The number of hydrogen-bond donors (Lipinski definition) is 2. The van der Waals surface area contributed by atoms with E-state index in [4.69, 9.17) is 5.73 Å². The summed E-state index contributed by atoms with van der Waals surface area (Å²) in [5.41, 5.74) is 8.24. The first-order valence-electron chi connectivity index (χ1n) is 5.65. The van der Waals surface area contributed by atoms with Crippen LogP contribution in [0.15, 0.2) is 10.9 Å². The maximum Gasteiger partial charge on any atom is 0.220 e. The quantitative estimate of drug-likeness (QED) is 0.831. The van der Waals surface area contributed by atoms with Gasteiger partial charge < -0.3 is 11.1 Å². The molecule has 0 saturated heterocycles. The standard InChI is InChI=1S/C11H17N3OS/c12-11(15)8-1-3-9(4-2-8)13-5-10-6-16-7-14-10/h6-9,13H,1-5H2,(H2,12,15). The predicted molar refractivity (Wildman–Crippen MR) is 63.9 cm³/mol. The van der Waals surface area contributed by atoms with Gasteiger partial charge in [-0.05, 0) is 25.7 Å². The Kier molecular flexibility index (Phi) is 3.90. The van der Waals surface area contributed by atoms with Crippen molar-refractivity contribution in [1.29, 1.82) is 0 Å². The SMILES string of the molecule is NC(=O)C1CCC(NCc2cscn2)CC1. The first-order valence-corrected chi connectivity index (χ1v) is 6.59. The highest BCUT2D eigenvalue weighted by atomic mass is 32.1. The van der Waals surface area contributed by atoms with Gasteiger partial charge in [-0.2, -0.15) is 0 Å². The van der Waals surface area contributed by atoms with E-state index >= 15 is 0 Å². The van der Waals surface area contributed by atoms with E-state index in [1.165, 1.54) is 0 Å². The molecule has 5 heteroatoms. The minimum absolute atomic E-state index is 0.0947. The number of aromatic nitrogens is 1. The fourth-order valence-corrected chi connectivity index (χ4v) is 2.71. The van der Waals surface area contributed by atoms with E-state index < -0.39 is 0 Å². The van der Waals surface area contributed by atoms with Gasteiger partial charge in [-0.1, -0.05) is 0 Å². The number of thiazole rings is 1. The predicted octanol–water partition coefficient (Wildman–Crippen LogP) is 1.28. The Hall–Kier alpha value is -0.940. The van der Waals surface area contributed by atoms with E-state index in [-0.39, 0.29) is 11.8 Å². The summed E-state index contributed by atoms with van der Waals surface area (Å²) in [6, 6.07) is 0.511. The number of carbonyl (C=O) groups excluding carboxylic acids is 1. The summed E-state index contributed by atoms with van der Waals surface area (Å²) in [7, 11) is 0. The summed E-state index contributed by atoms with van der Waals surface area (Å²) < 4.78 is 0. The van der Waals surface area contributed by atoms with Crippen LogP contribution in [0.4, 0.5) is 0 Å². The molecule has 1 fully saturated rings. The Morgan fingerprint density at radius 1 is 1.50 bits per heavy atom. The highest BCUT2D eigenvalue weighted by Crippen LogP contribution is 2.24. The molecule has 4 nitrogen and oxygen atoms in total.